The first-order valence-corrected chi connectivity index (χ1v) is 7.65. The average molecular weight is 268 g/mol. The van der Waals surface area contributed by atoms with Crippen LogP contribution >= 0.6 is 0 Å². The molecule has 0 saturated heterocycles. The zero-order chi connectivity index (χ0) is 15.0. The van der Waals surface area contributed by atoms with Gasteiger partial charge in [-0.1, -0.05) is 94.8 Å². The fourth-order valence-electron chi connectivity index (χ4n) is 2.97. The van der Waals surface area contributed by atoms with E-state index in [4.69, 9.17) is 0 Å². The van der Waals surface area contributed by atoms with Gasteiger partial charge in [-0.05, 0) is 24.0 Å². The molecule has 1 rings (SSSR count). The predicted molar refractivity (Wildman–Crippen MR) is 92.6 cm³/mol. The van der Waals surface area contributed by atoms with Gasteiger partial charge < -0.3 is 0 Å². The lowest BCUT2D eigenvalue weighted by molar-refractivity contribution is 0.305. The van der Waals surface area contributed by atoms with Gasteiger partial charge in [0.2, 0.25) is 0 Å². The van der Waals surface area contributed by atoms with E-state index in [0.29, 0.717) is 5.92 Å². The molecule has 0 fully saturated rings. The third-order valence-corrected chi connectivity index (χ3v) is 4.23. The molecule has 0 amide bonds. The summed E-state index contributed by atoms with van der Waals surface area (Å²) in [4.78, 5) is 0. The highest BCUT2D eigenvalue weighted by molar-refractivity contribution is 5.64. The minimum atomic E-state index is 0.118. The monoisotopic (exact) mass is 268 g/mol. The summed E-state index contributed by atoms with van der Waals surface area (Å²) in [5, 5.41) is 0. The predicted octanol–water partition coefficient (Wildman–Crippen LogP) is 6.36. The molecule has 0 nitrogen and oxygen atoms in total. The summed E-state index contributed by atoms with van der Waals surface area (Å²) in [6, 6.07) is 8.39. The van der Waals surface area contributed by atoms with Crippen LogP contribution in [0.5, 0.6) is 0 Å². The van der Waals surface area contributed by atoms with Gasteiger partial charge in [-0.3, -0.25) is 0 Å². The highest BCUT2D eigenvalue weighted by Crippen LogP contribution is 2.36. The van der Waals surface area contributed by atoms with Crippen molar-refractivity contribution in [3.63, 3.8) is 0 Å². The van der Waals surface area contributed by atoms with E-state index < -0.39 is 0 Å². The highest BCUT2D eigenvalue weighted by atomic mass is 14.3. The minimum Gasteiger partial charge on any atom is -0.0984 e. The summed E-state index contributed by atoms with van der Waals surface area (Å²) in [5.74, 6) is 0.672. The zero-order valence-electron chi connectivity index (χ0n) is 13.4. The third-order valence-electron chi connectivity index (χ3n) is 4.23. The van der Waals surface area contributed by atoms with Crippen LogP contribution in [0.1, 0.15) is 51.7 Å². The van der Waals surface area contributed by atoms with E-state index in [0.717, 1.165) is 0 Å². The first-order chi connectivity index (χ1) is 9.61. The molecular weight excluding hydrogens is 240 g/mol. The Labute approximate surface area is 124 Å². The van der Waals surface area contributed by atoms with E-state index in [1.165, 1.54) is 24.0 Å². The van der Waals surface area contributed by atoms with Crippen LogP contribution in [0.15, 0.2) is 49.1 Å². The maximum atomic E-state index is 3.89. The highest BCUT2D eigenvalue weighted by Gasteiger charge is 2.26. The van der Waals surface area contributed by atoms with Crippen molar-refractivity contribution < 1.29 is 0 Å². The molecule has 1 aromatic carbocycles. The molecule has 0 radical (unpaired) electrons. The topological polar surface area (TPSA) is 0 Å². The minimum absolute atomic E-state index is 0.118. The van der Waals surface area contributed by atoms with Crippen LogP contribution in [0.3, 0.4) is 0 Å². The number of benzene rings is 1. The fraction of sp³-hybridized carbons (Fsp3) is 0.400. The van der Waals surface area contributed by atoms with Crippen LogP contribution in [-0.4, -0.2) is 0 Å². The maximum absolute atomic E-state index is 3.89. The Hall–Kier alpha value is -1.56. The second-order valence-corrected chi connectivity index (χ2v) is 5.55. The third kappa shape index (κ3) is 3.96. The lowest BCUT2D eigenvalue weighted by Gasteiger charge is -2.31. The molecule has 0 aliphatic heterocycles. The van der Waals surface area contributed by atoms with Crippen LogP contribution in [0.2, 0.25) is 0 Å². The Balaban J connectivity index is 3.12. The first-order valence-electron chi connectivity index (χ1n) is 7.65. The van der Waals surface area contributed by atoms with Crippen molar-refractivity contribution in [3.8, 4) is 0 Å². The molecule has 0 aliphatic carbocycles. The maximum Gasteiger partial charge on any atom is 0.00639 e. The fourth-order valence-corrected chi connectivity index (χ4v) is 2.97. The summed E-state index contributed by atoms with van der Waals surface area (Å²) in [5.41, 5.74) is 2.55. The van der Waals surface area contributed by atoms with Gasteiger partial charge in [-0.25, -0.2) is 0 Å². The molecule has 0 aliphatic rings. The van der Waals surface area contributed by atoms with Gasteiger partial charge in [-0.15, -0.1) is 0 Å². The van der Waals surface area contributed by atoms with Crippen molar-refractivity contribution >= 4 is 12.2 Å². The lowest BCUT2D eigenvalue weighted by atomic mass is 9.73. The molecule has 0 saturated carbocycles. The van der Waals surface area contributed by atoms with Crippen LogP contribution in [0.4, 0.5) is 0 Å². The summed E-state index contributed by atoms with van der Waals surface area (Å²) in [6.07, 6.45) is 13.4. The summed E-state index contributed by atoms with van der Waals surface area (Å²) < 4.78 is 0. The smallest absolute Gasteiger partial charge is 0.00639 e. The Morgan fingerprint density at radius 1 is 1.10 bits per heavy atom. The van der Waals surface area contributed by atoms with Gasteiger partial charge in [0, 0.05) is 5.41 Å². The van der Waals surface area contributed by atoms with E-state index in [1.807, 2.05) is 6.08 Å². The molecular formula is C20H28. The van der Waals surface area contributed by atoms with Crippen molar-refractivity contribution in [3.05, 3.63) is 60.2 Å². The average Bonchev–Trinajstić information content (AvgIpc) is 2.47. The van der Waals surface area contributed by atoms with Gasteiger partial charge in [0.15, 0.2) is 0 Å². The van der Waals surface area contributed by atoms with Gasteiger partial charge in [0.05, 0.1) is 0 Å². The second-order valence-electron chi connectivity index (χ2n) is 5.55. The van der Waals surface area contributed by atoms with Crippen LogP contribution in [0.25, 0.3) is 12.2 Å². The molecule has 1 unspecified atom stereocenters. The molecule has 0 spiro atoms. The number of rotatable bonds is 7. The SMILES string of the molecule is C=Cc1ccccc1/C=C\C(C)(/C=C\C)C(CC)CC. The van der Waals surface area contributed by atoms with E-state index in [2.05, 4.69) is 82.8 Å². The Kier molecular flexibility index (Phi) is 6.51. The molecule has 0 heterocycles. The Morgan fingerprint density at radius 3 is 2.20 bits per heavy atom. The molecule has 1 aromatic rings. The van der Waals surface area contributed by atoms with Crippen molar-refractivity contribution in [2.75, 3.05) is 0 Å². The largest absolute Gasteiger partial charge is 0.0984 e. The van der Waals surface area contributed by atoms with Crippen LogP contribution in [-0.2, 0) is 0 Å². The zero-order valence-corrected chi connectivity index (χ0v) is 13.4. The van der Waals surface area contributed by atoms with Crippen LogP contribution in [0, 0.1) is 11.3 Å². The summed E-state index contributed by atoms with van der Waals surface area (Å²) in [6.45, 7) is 12.9. The van der Waals surface area contributed by atoms with E-state index in [1.54, 1.807) is 0 Å². The second kappa shape index (κ2) is 7.89. The molecule has 0 aromatic heterocycles. The number of hydrogen-bond donors (Lipinski definition) is 0. The molecule has 1 atom stereocenters. The van der Waals surface area contributed by atoms with Gasteiger partial charge in [0.1, 0.15) is 0 Å². The first kappa shape index (κ1) is 16.5. The van der Waals surface area contributed by atoms with Crippen LogP contribution < -0.4 is 0 Å². The van der Waals surface area contributed by atoms with Crippen molar-refractivity contribution in [1.82, 2.24) is 0 Å². The van der Waals surface area contributed by atoms with E-state index in [-0.39, 0.29) is 5.41 Å². The number of allylic oxidation sites excluding steroid dienone is 3. The quantitative estimate of drug-likeness (QED) is 0.505. The summed E-state index contributed by atoms with van der Waals surface area (Å²) in [7, 11) is 0. The Morgan fingerprint density at radius 2 is 1.70 bits per heavy atom. The van der Waals surface area contributed by atoms with E-state index in [9.17, 15) is 0 Å². The molecule has 0 bridgehead atoms. The number of hydrogen-bond acceptors (Lipinski definition) is 0. The van der Waals surface area contributed by atoms with Gasteiger partial charge in [-0.2, -0.15) is 0 Å². The van der Waals surface area contributed by atoms with Crippen molar-refractivity contribution in [2.24, 2.45) is 11.3 Å². The molecule has 0 heteroatoms. The summed E-state index contributed by atoms with van der Waals surface area (Å²) >= 11 is 0. The van der Waals surface area contributed by atoms with Crippen molar-refractivity contribution in [1.29, 1.82) is 0 Å². The standard InChI is InChI=1S/C20H28/c1-6-15-20(5,19(8-3)9-4)16-14-18-13-11-10-12-17(18)7-2/h6-7,10-16,19H,2,8-9H2,1,3-5H3/b15-6-,16-14-. The van der Waals surface area contributed by atoms with Gasteiger partial charge >= 0.3 is 0 Å². The molecule has 108 valence electrons. The van der Waals surface area contributed by atoms with Crippen molar-refractivity contribution in [2.45, 2.75) is 40.5 Å². The normalized spacial score (nSPS) is 15.1. The lowest BCUT2D eigenvalue weighted by Crippen LogP contribution is -2.22. The molecule has 0 N–H and O–H groups in total. The van der Waals surface area contributed by atoms with Gasteiger partial charge in [0.25, 0.3) is 0 Å². The Bertz CT molecular complexity index is 475. The van der Waals surface area contributed by atoms with E-state index >= 15 is 0 Å². The molecule has 20 heavy (non-hydrogen) atoms.